The van der Waals surface area contributed by atoms with E-state index in [0.29, 0.717) is 17.4 Å². The van der Waals surface area contributed by atoms with Crippen LogP contribution in [0.2, 0.25) is 0 Å². The molecule has 0 aliphatic heterocycles. The van der Waals surface area contributed by atoms with Gasteiger partial charge >= 0.3 is 19.8 Å². The van der Waals surface area contributed by atoms with Crippen LogP contribution in [0.3, 0.4) is 0 Å². The van der Waals surface area contributed by atoms with E-state index >= 15 is 0 Å². The predicted molar refractivity (Wildman–Crippen MR) is 403 cm³/mol. The summed E-state index contributed by atoms with van der Waals surface area (Å²) in [4.78, 5) is 35.9. The monoisotopic (exact) mass is 1310 g/mol. The molecule has 0 heterocycles. The molecule has 0 aromatic carbocycles. The molecule has 0 spiro atoms. The van der Waals surface area contributed by atoms with E-state index in [0.717, 1.165) is 122 Å². The van der Waals surface area contributed by atoms with Crippen molar-refractivity contribution in [3.05, 3.63) is 146 Å². The first kappa shape index (κ1) is 88.9. The third-order valence-corrected chi connectivity index (χ3v) is 17.1. The SMILES string of the molecule is CC/C=C\C/C=C\C/C=C\C/C=C\C/C=C\C/C=C\C/C=C\C/C=C\C/C=C\C/C=C\C/C=C\C/C=C\CCCCCCC(=O)OC(COC(=O)CCCCCCCCCCCCCCCCCCCCCCCCCCCCCC)COP(=O)(O)OCC[N+](C)(C)C. The lowest BCUT2D eigenvalue weighted by atomic mass is 10.0. The van der Waals surface area contributed by atoms with Crippen LogP contribution in [0.5, 0.6) is 0 Å². The van der Waals surface area contributed by atoms with Gasteiger partial charge in [-0.05, 0) is 103 Å². The van der Waals surface area contributed by atoms with E-state index in [4.69, 9.17) is 18.5 Å². The number of carbonyl (C=O) groups excluding carboxylic acids is 2. The second kappa shape index (κ2) is 72.2. The average Bonchev–Trinajstić information content (AvgIpc) is 2.30. The molecule has 0 aliphatic carbocycles. The molecule has 0 radical (unpaired) electrons. The number of phosphoric ester groups is 1. The fraction of sp³-hybridized carbons (Fsp3) is 0.687. The first-order valence-corrected chi connectivity index (χ1v) is 39.6. The fourth-order valence-corrected chi connectivity index (χ4v) is 11.1. The number of allylic oxidation sites excluding steroid dienone is 24. The molecule has 2 atom stereocenters. The van der Waals surface area contributed by atoms with Crippen LogP contribution in [0.4, 0.5) is 0 Å². The molecule has 2 unspecified atom stereocenters. The standard InChI is InChI=1S/C83H142NO8P/c1-6-8-10-12-14-16-18-20-22-24-26-28-30-32-34-36-37-38-39-40-41-42-43-44-45-46-47-48-50-52-54-56-58-60-62-64-66-68-70-72-74-76-83(86)92-81(80-91-93(87,88)90-78-77-84(3,4)5)79-89-82(85)75-73-71-69-67-65-63-61-59-57-55-53-51-49-35-33-31-29-27-25-23-21-19-17-15-13-11-9-7-2/h8,10,14,16,20,22,26,28,32,34,37-38,40-41,43-44,46-47,50,52,56,58,62,64,81H,6-7,9,11-13,15,17-19,21,23-25,27,29-31,33,35-36,39,42,45,48-49,51,53-55,57,59-61,63,65-80H2,1-5H3/p+1/b10-8-,16-14-,22-20-,28-26-,34-32-,38-37-,41-40-,44-43-,47-46-,52-50-,58-56-,64-62-. The van der Waals surface area contributed by atoms with Crippen molar-refractivity contribution in [2.24, 2.45) is 0 Å². The summed E-state index contributed by atoms with van der Waals surface area (Å²) in [6.07, 6.45) is 107. The molecule has 0 aliphatic rings. The number of hydrogen-bond acceptors (Lipinski definition) is 7. The van der Waals surface area contributed by atoms with E-state index in [1.54, 1.807) is 0 Å². The average molecular weight is 1310 g/mol. The summed E-state index contributed by atoms with van der Waals surface area (Å²) in [6.45, 7) is 4.32. The maximum Gasteiger partial charge on any atom is 0.472 e. The van der Waals surface area contributed by atoms with Gasteiger partial charge in [0.05, 0.1) is 27.7 Å². The number of esters is 2. The van der Waals surface area contributed by atoms with Gasteiger partial charge in [-0.1, -0.05) is 346 Å². The molecule has 0 amide bonds. The molecule has 0 bridgehead atoms. The Morgan fingerprint density at radius 1 is 0.344 bits per heavy atom. The summed E-state index contributed by atoms with van der Waals surface area (Å²) >= 11 is 0. The molecule has 0 rings (SSSR count). The largest absolute Gasteiger partial charge is 0.472 e. The lowest BCUT2D eigenvalue weighted by Crippen LogP contribution is -2.37. The second-order valence-corrected chi connectivity index (χ2v) is 27.8. The smallest absolute Gasteiger partial charge is 0.462 e. The fourth-order valence-electron chi connectivity index (χ4n) is 10.4. The number of likely N-dealkylation sites (N-methyl/N-ethyl adjacent to an activating group) is 1. The minimum Gasteiger partial charge on any atom is -0.462 e. The van der Waals surface area contributed by atoms with Crippen molar-refractivity contribution in [1.29, 1.82) is 0 Å². The lowest BCUT2D eigenvalue weighted by Gasteiger charge is -2.24. The van der Waals surface area contributed by atoms with Crippen LogP contribution in [0.15, 0.2) is 146 Å². The molecular formula is C83H143NO8P+. The van der Waals surface area contributed by atoms with Gasteiger partial charge in [-0.2, -0.15) is 0 Å². The van der Waals surface area contributed by atoms with E-state index < -0.39 is 26.5 Å². The van der Waals surface area contributed by atoms with Crippen LogP contribution >= 0.6 is 7.82 Å². The molecule has 0 fully saturated rings. The number of nitrogens with zero attached hydrogens (tertiary/aromatic N) is 1. The van der Waals surface area contributed by atoms with E-state index in [-0.39, 0.29) is 32.0 Å². The Hall–Kier alpha value is -4.11. The molecule has 93 heavy (non-hydrogen) atoms. The van der Waals surface area contributed by atoms with Crippen molar-refractivity contribution in [1.82, 2.24) is 0 Å². The highest BCUT2D eigenvalue weighted by atomic mass is 31.2. The summed E-state index contributed by atoms with van der Waals surface area (Å²) in [5.41, 5.74) is 0. The van der Waals surface area contributed by atoms with Gasteiger partial charge in [0.15, 0.2) is 6.10 Å². The minimum atomic E-state index is -4.41. The molecule has 0 aromatic rings. The van der Waals surface area contributed by atoms with Crippen LogP contribution in [0.25, 0.3) is 0 Å². The Morgan fingerprint density at radius 3 is 0.914 bits per heavy atom. The highest BCUT2D eigenvalue weighted by Crippen LogP contribution is 2.43. The first-order valence-electron chi connectivity index (χ1n) is 38.1. The predicted octanol–water partition coefficient (Wildman–Crippen LogP) is 25.3. The molecule has 0 saturated heterocycles. The molecule has 0 saturated carbocycles. The van der Waals surface area contributed by atoms with Gasteiger partial charge in [0.1, 0.15) is 19.8 Å². The normalized spacial score (nSPS) is 13.9. The van der Waals surface area contributed by atoms with Gasteiger partial charge in [-0.15, -0.1) is 0 Å². The first-order chi connectivity index (χ1) is 45.5. The van der Waals surface area contributed by atoms with Crippen molar-refractivity contribution in [2.75, 3.05) is 47.5 Å². The third kappa shape index (κ3) is 76.8. The van der Waals surface area contributed by atoms with E-state index in [1.807, 2.05) is 21.1 Å². The summed E-state index contributed by atoms with van der Waals surface area (Å²) < 4.78 is 34.7. The van der Waals surface area contributed by atoms with Crippen molar-refractivity contribution < 1.29 is 42.1 Å². The Bertz CT molecular complexity index is 2080. The minimum absolute atomic E-state index is 0.0208. The van der Waals surface area contributed by atoms with Crippen molar-refractivity contribution >= 4 is 19.8 Å². The van der Waals surface area contributed by atoms with Crippen molar-refractivity contribution in [3.8, 4) is 0 Å². The van der Waals surface area contributed by atoms with Crippen LogP contribution < -0.4 is 0 Å². The Labute approximate surface area is 573 Å². The summed E-state index contributed by atoms with van der Waals surface area (Å²) in [7, 11) is 1.45. The Kier molecular flexibility index (Phi) is 69.0. The van der Waals surface area contributed by atoms with E-state index in [9.17, 15) is 19.0 Å². The summed E-state index contributed by atoms with van der Waals surface area (Å²) in [5, 5.41) is 0. The van der Waals surface area contributed by atoms with E-state index in [1.165, 1.54) is 161 Å². The zero-order chi connectivity index (χ0) is 67.6. The van der Waals surface area contributed by atoms with Crippen LogP contribution in [0, 0.1) is 0 Å². The molecule has 0 aromatic heterocycles. The van der Waals surface area contributed by atoms with Gasteiger partial charge in [-0.3, -0.25) is 18.6 Å². The zero-order valence-electron chi connectivity index (χ0n) is 60.7. The molecular weight excluding hydrogens is 1170 g/mol. The molecule has 10 heteroatoms. The maximum absolute atomic E-state index is 12.9. The number of rotatable bonds is 69. The van der Waals surface area contributed by atoms with Crippen molar-refractivity contribution in [2.45, 2.75) is 322 Å². The van der Waals surface area contributed by atoms with E-state index in [2.05, 4.69) is 160 Å². The molecule has 532 valence electrons. The van der Waals surface area contributed by atoms with Crippen LogP contribution in [0.1, 0.15) is 316 Å². The number of unbranched alkanes of at least 4 members (excludes halogenated alkanes) is 31. The molecule has 9 nitrogen and oxygen atoms in total. The van der Waals surface area contributed by atoms with Crippen molar-refractivity contribution in [3.63, 3.8) is 0 Å². The number of hydrogen-bond donors (Lipinski definition) is 1. The Balaban J connectivity index is 4.12. The summed E-state index contributed by atoms with van der Waals surface area (Å²) in [6, 6.07) is 0. The topological polar surface area (TPSA) is 108 Å². The van der Waals surface area contributed by atoms with Gasteiger partial charge in [0, 0.05) is 12.8 Å². The van der Waals surface area contributed by atoms with Crippen LogP contribution in [-0.2, 0) is 32.7 Å². The van der Waals surface area contributed by atoms with Gasteiger partial charge in [0.2, 0.25) is 0 Å². The third-order valence-electron chi connectivity index (χ3n) is 16.1. The summed E-state index contributed by atoms with van der Waals surface area (Å²) in [5.74, 6) is -0.824. The number of carbonyl (C=O) groups is 2. The lowest BCUT2D eigenvalue weighted by molar-refractivity contribution is -0.870. The van der Waals surface area contributed by atoms with Gasteiger partial charge < -0.3 is 18.9 Å². The maximum atomic E-state index is 12.9. The zero-order valence-corrected chi connectivity index (χ0v) is 61.6. The number of phosphoric acid groups is 1. The van der Waals surface area contributed by atoms with Gasteiger partial charge in [-0.25, -0.2) is 4.57 Å². The Morgan fingerprint density at radius 2 is 0.613 bits per heavy atom. The van der Waals surface area contributed by atoms with Crippen LogP contribution in [-0.4, -0.2) is 74.9 Å². The molecule has 1 N–H and O–H groups in total. The number of ether oxygens (including phenoxy) is 2. The highest BCUT2D eigenvalue weighted by molar-refractivity contribution is 7.47. The second-order valence-electron chi connectivity index (χ2n) is 26.3. The quantitative estimate of drug-likeness (QED) is 0.0211. The highest BCUT2D eigenvalue weighted by Gasteiger charge is 2.27. The van der Waals surface area contributed by atoms with Gasteiger partial charge in [0.25, 0.3) is 0 Å². The number of quaternary nitrogens is 1.